The van der Waals surface area contributed by atoms with Crippen molar-refractivity contribution in [3.63, 3.8) is 0 Å². The number of aliphatic hydroxyl groups excluding tert-OH is 1. The summed E-state index contributed by atoms with van der Waals surface area (Å²) >= 11 is 6.04. The average molecular weight is 319 g/mol. The van der Waals surface area contributed by atoms with Crippen LogP contribution in [0.15, 0.2) is 53.6 Å². The third-order valence-corrected chi connectivity index (χ3v) is 3.43. The lowest BCUT2D eigenvalue weighted by atomic mass is 10.1. The minimum atomic E-state index is -0.485. The summed E-state index contributed by atoms with van der Waals surface area (Å²) in [5.74, 6) is 0.313. The predicted octanol–water partition coefficient (Wildman–Crippen LogP) is 4.05. The number of methoxy groups -OCH3 is 2. The molecule has 114 valence electrons. The number of ketones is 1. The van der Waals surface area contributed by atoms with Gasteiger partial charge in [-0.1, -0.05) is 35.9 Å². The smallest absolute Gasteiger partial charge is 0.208 e. The molecule has 2 aromatic rings. The Hall–Kier alpha value is -2.46. The first kappa shape index (κ1) is 15.9. The molecule has 0 heterocycles. The second kappa shape index (κ2) is 7.00. The summed E-state index contributed by atoms with van der Waals surface area (Å²) in [5.41, 5.74) is 0.736. The maximum Gasteiger partial charge on any atom is 0.208 e. The van der Waals surface area contributed by atoms with E-state index in [1.165, 1.54) is 14.2 Å². The van der Waals surface area contributed by atoms with Crippen molar-refractivity contribution in [1.29, 1.82) is 0 Å². The summed E-state index contributed by atoms with van der Waals surface area (Å²) in [6.07, 6.45) is 0. The molecule has 5 heteroatoms. The minimum Gasteiger partial charge on any atom is -0.506 e. The van der Waals surface area contributed by atoms with E-state index in [-0.39, 0.29) is 10.8 Å². The van der Waals surface area contributed by atoms with Gasteiger partial charge in [-0.25, -0.2) is 0 Å². The number of allylic oxidation sites excluding steroid dienone is 1. The largest absolute Gasteiger partial charge is 0.506 e. The molecule has 0 bridgehead atoms. The van der Waals surface area contributed by atoms with E-state index in [0.717, 1.165) is 0 Å². The van der Waals surface area contributed by atoms with Crippen molar-refractivity contribution in [2.75, 3.05) is 14.2 Å². The Kier molecular flexibility index (Phi) is 5.07. The molecule has 0 atom stereocenters. The first-order valence-electron chi connectivity index (χ1n) is 6.48. The lowest BCUT2D eigenvalue weighted by Crippen LogP contribution is -2.02. The lowest BCUT2D eigenvalue weighted by Gasteiger charge is -2.07. The number of carbonyl (C=O) groups is 1. The highest BCUT2D eigenvalue weighted by Gasteiger charge is 2.17. The van der Waals surface area contributed by atoms with E-state index in [1.54, 1.807) is 48.5 Å². The Bertz CT molecular complexity index is 722. The highest BCUT2D eigenvalue weighted by molar-refractivity contribution is 6.47. The standard InChI is InChI=1S/C17H15ClO4/c1-21-13-7-3-5-11(9-13)16(19)15(18)17(20)12-6-4-8-14(10-12)22-2/h3-10,19H,1-2H3. The van der Waals surface area contributed by atoms with Crippen molar-refractivity contribution in [3.8, 4) is 11.5 Å². The number of rotatable bonds is 5. The fraction of sp³-hybridized carbons (Fsp3) is 0.118. The van der Waals surface area contributed by atoms with Gasteiger partial charge in [-0.3, -0.25) is 4.79 Å². The summed E-state index contributed by atoms with van der Waals surface area (Å²) < 4.78 is 10.2. The predicted molar refractivity (Wildman–Crippen MR) is 85.7 cm³/mol. The fourth-order valence-corrected chi connectivity index (χ4v) is 2.11. The summed E-state index contributed by atoms with van der Waals surface area (Å²) in [4.78, 5) is 12.3. The maximum atomic E-state index is 12.3. The topological polar surface area (TPSA) is 55.8 Å². The van der Waals surface area contributed by atoms with Crippen molar-refractivity contribution in [3.05, 3.63) is 64.7 Å². The van der Waals surface area contributed by atoms with Gasteiger partial charge in [-0.15, -0.1) is 0 Å². The van der Waals surface area contributed by atoms with Gasteiger partial charge in [0.05, 0.1) is 14.2 Å². The average Bonchev–Trinajstić information content (AvgIpc) is 2.59. The molecule has 0 aliphatic carbocycles. The third kappa shape index (κ3) is 3.40. The van der Waals surface area contributed by atoms with Gasteiger partial charge in [0, 0.05) is 11.1 Å². The number of halogens is 1. The lowest BCUT2D eigenvalue weighted by molar-refractivity contribution is 0.104. The van der Waals surface area contributed by atoms with E-state index in [0.29, 0.717) is 22.6 Å². The number of ether oxygens (including phenoxy) is 2. The molecular formula is C17H15ClO4. The van der Waals surface area contributed by atoms with Crippen molar-refractivity contribution in [2.45, 2.75) is 0 Å². The quantitative estimate of drug-likeness (QED) is 0.513. The van der Waals surface area contributed by atoms with Gasteiger partial charge < -0.3 is 14.6 Å². The maximum absolute atomic E-state index is 12.3. The highest BCUT2D eigenvalue weighted by Crippen LogP contribution is 2.26. The Labute approximate surface area is 133 Å². The van der Waals surface area contributed by atoms with Crippen LogP contribution in [0.4, 0.5) is 0 Å². The van der Waals surface area contributed by atoms with Gasteiger partial charge in [0.25, 0.3) is 0 Å². The van der Waals surface area contributed by atoms with Gasteiger partial charge in [-0.05, 0) is 24.3 Å². The second-order valence-electron chi connectivity index (χ2n) is 4.46. The number of Topliss-reactive ketones (excluding diaryl/α,β-unsaturated/α-hetero) is 1. The molecule has 4 nitrogen and oxygen atoms in total. The third-order valence-electron chi connectivity index (χ3n) is 3.08. The van der Waals surface area contributed by atoms with Gasteiger partial charge >= 0.3 is 0 Å². The van der Waals surface area contributed by atoms with E-state index in [2.05, 4.69) is 0 Å². The molecule has 2 rings (SSSR count). The van der Waals surface area contributed by atoms with E-state index in [1.807, 2.05) is 0 Å². The Morgan fingerprint density at radius 3 is 2.00 bits per heavy atom. The highest BCUT2D eigenvalue weighted by atomic mass is 35.5. The van der Waals surface area contributed by atoms with Crippen molar-refractivity contribution >= 4 is 23.1 Å². The number of hydrogen-bond acceptors (Lipinski definition) is 4. The van der Waals surface area contributed by atoms with Gasteiger partial charge in [0.1, 0.15) is 22.3 Å². The molecule has 1 N–H and O–H groups in total. The number of hydrogen-bond donors (Lipinski definition) is 1. The minimum absolute atomic E-state index is 0.262. The summed E-state index contributed by atoms with van der Waals surface area (Å²) in [5, 5.41) is 9.94. The van der Waals surface area contributed by atoms with E-state index in [4.69, 9.17) is 21.1 Å². The summed E-state index contributed by atoms with van der Waals surface area (Å²) in [6.45, 7) is 0. The number of benzene rings is 2. The van der Waals surface area contributed by atoms with Crippen molar-refractivity contribution in [2.24, 2.45) is 0 Å². The monoisotopic (exact) mass is 318 g/mol. The molecule has 0 aromatic heterocycles. The van der Waals surface area contributed by atoms with Gasteiger partial charge in [0.2, 0.25) is 5.78 Å². The second-order valence-corrected chi connectivity index (χ2v) is 4.83. The first-order chi connectivity index (χ1) is 10.6. The van der Waals surface area contributed by atoms with Crippen molar-refractivity contribution in [1.82, 2.24) is 0 Å². The molecule has 0 aliphatic rings. The Morgan fingerprint density at radius 2 is 1.45 bits per heavy atom. The van der Waals surface area contributed by atoms with Crippen LogP contribution in [0, 0.1) is 0 Å². The van der Waals surface area contributed by atoms with E-state index >= 15 is 0 Å². The van der Waals surface area contributed by atoms with Crippen LogP contribution in [0.3, 0.4) is 0 Å². The zero-order valence-corrected chi connectivity index (χ0v) is 12.9. The molecular weight excluding hydrogens is 304 g/mol. The summed E-state index contributed by atoms with van der Waals surface area (Å²) in [7, 11) is 3.03. The zero-order valence-electron chi connectivity index (χ0n) is 12.2. The van der Waals surface area contributed by atoms with Crippen LogP contribution in [0.25, 0.3) is 5.76 Å². The molecule has 0 aliphatic heterocycles. The molecule has 0 saturated heterocycles. The van der Waals surface area contributed by atoms with E-state index < -0.39 is 5.78 Å². The van der Waals surface area contributed by atoms with Crippen LogP contribution in [0.1, 0.15) is 15.9 Å². The zero-order chi connectivity index (χ0) is 16.1. The molecule has 0 unspecified atom stereocenters. The SMILES string of the molecule is COc1cccc(C(=O)C(Cl)=C(O)c2cccc(OC)c2)c1. The van der Waals surface area contributed by atoms with Crippen LogP contribution in [0.5, 0.6) is 11.5 Å². The Balaban J connectivity index is 2.38. The van der Waals surface area contributed by atoms with Crippen molar-refractivity contribution < 1.29 is 19.4 Å². The molecule has 0 radical (unpaired) electrons. The molecule has 0 saturated carbocycles. The normalized spacial score (nSPS) is 11.6. The molecule has 0 fully saturated rings. The molecule has 2 aromatic carbocycles. The van der Waals surface area contributed by atoms with Crippen LogP contribution in [-0.2, 0) is 0 Å². The summed E-state index contributed by atoms with van der Waals surface area (Å²) in [6, 6.07) is 13.2. The fourth-order valence-electron chi connectivity index (χ4n) is 1.90. The molecule has 0 spiro atoms. The van der Waals surface area contributed by atoms with E-state index in [9.17, 15) is 9.90 Å². The number of carbonyl (C=O) groups excluding carboxylic acids is 1. The number of aliphatic hydroxyl groups is 1. The Morgan fingerprint density at radius 1 is 0.955 bits per heavy atom. The van der Waals surface area contributed by atoms with Crippen LogP contribution in [-0.4, -0.2) is 25.1 Å². The van der Waals surface area contributed by atoms with Crippen LogP contribution < -0.4 is 9.47 Å². The van der Waals surface area contributed by atoms with Crippen LogP contribution in [0.2, 0.25) is 0 Å². The molecule has 0 amide bonds. The molecule has 22 heavy (non-hydrogen) atoms. The van der Waals surface area contributed by atoms with Crippen LogP contribution >= 0.6 is 11.6 Å². The van der Waals surface area contributed by atoms with Gasteiger partial charge in [0.15, 0.2) is 0 Å². The first-order valence-corrected chi connectivity index (χ1v) is 6.86. The van der Waals surface area contributed by atoms with Gasteiger partial charge in [-0.2, -0.15) is 0 Å².